The highest BCUT2D eigenvalue weighted by Gasteiger charge is 2.45. The van der Waals surface area contributed by atoms with Crippen molar-refractivity contribution in [2.75, 3.05) is 6.61 Å². The SMILES string of the molecule is O=C(c1ccccc1)c1cc(O)c([C@@H]2O[C@H](CO)[C@H](O)[C@H](O)[C@H]2O)c(O)c1. The maximum absolute atomic E-state index is 12.5. The highest BCUT2D eigenvalue weighted by atomic mass is 16.5. The molecule has 1 fully saturated rings. The van der Waals surface area contributed by atoms with Gasteiger partial charge in [-0.1, -0.05) is 30.3 Å². The number of carbonyl (C=O) groups is 1. The highest BCUT2D eigenvalue weighted by molar-refractivity contribution is 6.09. The summed E-state index contributed by atoms with van der Waals surface area (Å²) in [6.45, 7) is -0.645. The fraction of sp³-hybridized carbons (Fsp3) is 0.316. The Kier molecular flexibility index (Phi) is 5.45. The third-order valence-electron chi connectivity index (χ3n) is 4.61. The van der Waals surface area contributed by atoms with Gasteiger partial charge in [-0.05, 0) is 12.1 Å². The van der Waals surface area contributed by atoms with Crippen molar-refractivity contribution in [1.82, 2.24) is 0 Å². The third-order valence-corrected chi connectivity index (χ3v) is 4.61. The lowest BCUT2D eigenvalue weighted by Crippen LogP contribution is -2.55. The molecule has 0 aliphatic carbocycles. The molecular formula is C19H20O8. The zero-order valence-corrected chi connectivity index (χ0v) is 14.1. The van der Waals surface area contributed by atoms with E-state index in [9.17, 15) is 35.4 Å². The van der Waals surface area contributed by atoms with Crippen LogP contribution >= 0.6 is 0 Å². The maximum atomic E-state index is 12.5. The molecule has 27 heavy (non-hydrogen) atoms. The molecule has 0 unspecified atom stereocenters. The van der Waals surface area contributed by atoms with E-state index >= 15 is 0 Å². The summed E-state index contributed by atoms with van der Waals surface area (Å²) < 4.78 is 5.35. The topological polar surface area (TPSA) is 148 Å². The summed E-state index contributed by atoms with van der Waals surface area (Å²) in [5.41, 5.74) is 0.123. The minimum absolute atomic E-state index is 0.0181. The van der Waals surface area contributed by atoms with E-state index in [2.05, 4.69) is 0 Å². The predicted molar refractivity (Wildman–Crippen MR) is 92.4 cm³/mol. The molecule has 1 aliphatic rings. The summed E-state index contributed by atoms with van der Waals surface area (Å²) in [5.74, 6) is -1.49. The fourth-order valence-electron chi connectivity index (χ4n) is 3.14. The Labute approximate surface area is 154 Å². The van der Waals surface area contributed by atoms with E-state index < -0.39 is 54.4 Å². The van der Waals surface area contributed by atoms with Gasteiger partial charge in [0.25, 0.3) is 0 Å². The highest BCUT2D eigenvalue weighted by Crippen LogP contribution is 2.42. The molecule has 0 saturated carbocycles. The van der Waals surface area contributed by atoms with Gasteiger partial charge in [-0.15, -0.1) is 0 Å². The summed E-state index contributed by atoms with van der Waals surface area (Å²) in [4.78, 5) is 12.5. The van der Waals surface area contributed by atoms with Gasteiger partial charge in [0.05, 0.1) is 12.2 Å². The van der Waals surface area contributed by atoms with Crippen molar-refractivity contribution in [3.8, 4) is 11.5 Å². The van der Waals surface area contributed by atoms with Crippen LogP contribution in [0.25, 0.3) is 0 Å². The second-order valence-electron chi connectivity index (χ2n) is 6.37. The van der Waals surface area contributed by atoms with Crippen LogP contribution in [0, 0.1) is 0 Å². The first-order chi connectivity index (χ1) is 12.8. The van der Waals surface area contributed by atoms with Crippen LogP contribution in [-0.2, 0) is 4.74 Å². The normalized spacial score (nSPS) is 28.1. The number of benzene rings is 2. The van der Waals surface area contributed by atoms with Gasteiger partial charge in [0, 0.05) is 11.1 Å². The van der Waals surface area contributed by atoms with Crippen molar-refractivity contribution in [3.05, 3.63) is 59.2 Å². The second kappa shape index (κ2) is 7.63. The molecule has 6 N–H and O–H groups in total. The van der Waals surface area contributed by atoms with Crippen LogP contribution < -0.4 is 0 Å². The van der Waals surface area contributed by atoms with Crippen molar-refractivity contribution in [2.45, 2.75) is 30.5 Å². The Hall–Kier alpha value is -2.49. The largest absolute Gasteiger partial charge is 0.507 e. The van der Waals surface area contributed by atoms with E-state index in [1.54, 1.807) is 30.3 Å². The van der Waals surface area contributed by atoms with Gasteiger partial charge < -0.3 is 35.4 Å². The molecule has 3 rings (SSSR count). The molecule has 2 aromatic rings. The number of phenols is 2. The van der Waals surface area contributed by atoms with Gasteiger partial charge in [0.1, 0.15) is 42.0 Å². The average molecular weight is 376 g/mol. The van der Waals surface area contributed by atoms with Gasteiger partial charge in [0.2, 0.25) is 0 Å². The monoisotopic (exact) mass is 376 g/mol. The van der Waals surface area contributed by atoms with Crippen LogP contribution in [0.1, 0.15) is 27.6 Å². The lowest BCUT2D eigenvalue weighted by molar-refractivity contribution is -0.232. The Morgan fingerprint density at radius 3 is 2.04 bits per heavy atom. The minimum Gasteiger partial charge on any atom is -0.507 e. The molecule has 1 aliphatic heterocycles. The third kappa shape index (κ3) is 3.53. The molecule has 1 heterocycles. The summed E-state index contributed by atoms with van der Waals surface area (Å²) >= 11 is 0. The summed E-state index contributed by atoms with van der Waals surface area (Å²) in [6.07, 6.45) is -7.51. The van der Waals surface area contributed by atoms with E-state index in [4.69, 9.17) is 4.74 Å². The molecule has 1 saturated heterocycles. The number of aromatic hydroxyl groups is 2. The van der Waals surface area contributed by atoms with E-state index in [1.165, 1.54) is 0 Å². The molecule has 8 nitrogen and oxygen atoms in total. The fourth-order valence-corrected chi connectivity index (χ4v) is 3.14. The summed E-state index contributed by atoms with van der Waals surface area (Å²) in [6, 6.07) is 10.5. The number of hydrogen-bond acceptors (Lipinski definition) is 8. The molecule has 0 spiro atoms. The van der Waals surface area contributed by atoms with Crippen LogP contribution in [0.4, 0.5) is 0 Å². The van der Waals surface area contributed by atoms with E-state index in [0.29, 0.717) is 5.56 Å². The van der Waals surface area contributed by atoms with Crippen molar-refractivity contribution < 1.29 is 40.2 Å². The average Bonchev–Trinajstić information content (AvgIpc) is 2.67. The van der Waals surface area contributed by atoms with Gasteiger partial charge in [-0.3, -0.25) is 4.79 Å². The molecule has 144 valence electrons. The maximum Gasteiger partial charge on any atom is 0.193 e. The quantitative estimate of drug-likeness (QED) is 0.404. The molecule has 0 amide bonds. The van der Waals surface area contributed by atoms with Crippen LogP contribution in [0.15, 0.2) is 42.5 Å². The van der Waals surface area contributed by atoms with Gasteiger partial charge in [0.15, 0.2) is 5.78 Å². The Morgan fingerprint density at radius 1 is 0.889 bits per heavy atom. The first kappa shape index (κ1) is 19.3. The Balaban J connectivity index is 1.97. The molecule has 8 heteroatoms. The molecule has 2 aromatic carbocycles. The van der Waals surface area contributed by atoms with Crippen LogP contribution in [0.2, 0.25) is 0 Å². The summed E-state index contributed by atoms with van der Waals surface area (Å²) in [5, 5.41) is 59.9. The van der Waals surface area contributed by atoms with Gasteiger partial charge in [-0.2, -0.15) is 0 Å². The van der Waals surface area contributed by atoms with Crippen molar-refractivity contribution >= 4 is 5.78 Å². The van der Waals surface area contributed by atoms with Crippen molar-refractivity contribution in [1.29, 1.82) is 0 Å². The Morgan fingerprint density at radius 2 is 1.48 bits per heavy atom. The molecule has 0 bridgehead atoms. The first-order valence-corrected chi connectivity index (χ1v) is 8.31. The first-order valence-electron chi connectivity index (χ1n) is 8.31. The van der Waals surface area contributed by atoms with E-state index in [1.807, 2.05) is 0 Å². The predicted octanol–water partition coefficient (Wildman–Crippen LogP) is -0.156. The van der Waals surface area contributed by atoms with Crippen LogP contribution in [0.3, 0.4) is 0 Å². The Bertz CT molecular complexity index is 797. The minimum atomic E-state index is -1.67. The van der Waals surface area contributed by atoms with Crippen LogP contribution in [-0.4, -0.2) is 67.4 Å². The lowest BCUT2D eigenvalue weighted by atomic mass is 9.89. The summed E-state index contributed by atoms with van der Waals surface area (Å²) in [7, 11) is 0. The number of phenolic OH excluding ortho intramolecular Hbond substituents is 2. The van der Waals surface area contributed by atoms with E-state index in [-0.39, 0.29) is 11.1 Å². The number of ether oxygens (including phenoxy) is 1. The smallest absolute Gasteiger partial charge is 0.193 e. The number of ketones is 1. The number of aliphatic hydroxyl groups excluding tert-OH is 4. The number of aliphatic hydroxyl groups is 4. The van der Waals surface area contributed by atoms with Gasteiger partial charge >= 0.3 is 0 Å². The standard InChI is InChI=1S/C19H20O8/c20-8-13-16(24)17(25)18(26)19(27-13)14-11(21)6-10(7-12(14)22)15(23)9-4-2-1-3-5-9/h1-7,13,16-22,24-26H,8H2/t13-,16+,17+,18-,19+/m1/s1. The molecule has 0 radical (unpaired) electrons. The molecule has 0 aromatic heterocycles. The van der Waals surface area contributed by atoms with E-state index in [0.717, 1.165) is 12.1 Å². The lowest BCUT2D eigenvalue weighted by Gasteiger charge is -2.40. The molecule has 5 atom stereocenters. The molecular weight excluding hydrogens is 356 g/mol. The number of hydrogen-bond donors (Lipinski definition) is 6. The number of rotatable bonds is 4. The van der Waals surface area contributed by atoms with Crippen LogP contribution in [0.5, 0.6) is 11.5 Å². The zero-order valence-electron chi connectivity index (χ0n) is 14.1. The van der Waals surface area contributed by atoms with Crippen molar-refractivity contribution in [2.24, 2.45) is 0 Å². The number of carbonyl (C=O) groups excluding carboxylic acids is 1. The zero-order chi connectivity index (χ0) is 19.7. The second-order valence-corrected chi connectivity index (χ2v) is 6.37. The van der Waals surface area contributed by atoms with Gasteiger partial charge in [-0.25, -0.2) is 0 Å². The van der Waals surface area contributed by atoms with Crippen molar-refractivity contribution in [3.63, 3.8) is 0 Å².